The minimum absolute atomic E-state index is 0.531. The topological polar surface area (TPSA) is 26.0 Å². The number of nitrogens with zero attached hydrogens (tertiary/aromatic N) is 1. The molecule has 1 aromatic heterocycles. The smallest absolute Gasteiger partial charge is 0.197 e. The van der Waals surface area contributed by atoms with Crippen molar-refractivity contribution in [1.29, 1.82) is 0 Å². The first-order chi connectivity index (χ1) is 6.27. The van der Waals surface area contributed by atoms with E-state index in [9.17, 15) is 0 Å². The Balaban J connectivity index is 2.63. The monoisotopic (exact) mass is 181 g/mol. The van der Waals surface area contributed by atoms with Gasteiger partial charge in [-0.05, 0) is 19.8 Å². The van der Waals surface area contributed by atoms with Crippen molar-refractivity contribution in [2.75, 3.05) is 0 Å². The summed E-state index contributed by atoms with van der Waals surface area (Å²) in [5, 5.41) is 0. The Hall–Kier alpha value is -0.790. The summed E-state index contributed by atoms with van der Waals surface area (Å²) in [5.74, 6) is 2.39. The van der Waals surface area contributed by atoms with Gasteiger partial charge in [0.25, 0.3) is 0 Å². The maximum Gasteiger partial charge on any atom is 0.197 e. The van der Waals surface area contributed by atoms with E-state index < -0.39 is 0 Å². The van der Waals surface area contributed by atoms with Crippen LogP contribution in [0.4, 0.5) is 0 Å². The Morgan fingerprint density at radius 3 is 2.31 bits per heavy atom. The van der Waals surface area contributed by atoms with Crippen molar-refractivity contribution >= 4 is 0 Å². The predicted octanol–water partition coefficient (Wildman–Crippen LogP) is 3.67. The van der Waals surface area contributed by atoms with Gasteiger partial charge in [0.15, 0.2) is 5.89 Å². The molecule has 0 aliphatic rings. The molecule has 0 saturated carbocycles. The standard InChI is InChI=1S/C11H19NO/c1-4-6-10(7-5-2)11-12-8-9(3)13-11/h8,10H,4-7H2,1-3H3. The number of aryl methyl sites for hydroxylation is 1. The van der Waals surface area contributed by atoms with Gasteiger partial charge in [-0.3, -0.25) is 0 Å². The number of oxazole rings is 1. The van der Waals surface area contributed by atoms with E-state index >= 15 is 0 Å². The van der Waals surface area contributed by atoms with Gasteiger partial charge in [-0.25, -0.2) is 4.98 Å². The summed E-state index contributed by atoms with van der Waals surface area (Å²) in [6.07, 6.45) is 6.59. The van der Waals surface area contributed by atoms with Crippen LogP contribution < -0.4 is 0 Å². The number of hydrogen-bond acceptors (Lipinski definition) is 2. The summed E-state index contributed by atoms with van der Waals surface area (Å²) < 4.78 is 5.54. The molecular weight excluding hydrogens is 162 g/mol. The zero-order valence-corrected chi connectivity index (χ0v) is 8.84. The molecule has 1 aromatic rings. The molecule has 0 amide bonds. The summed E-state index contributed by atoms with van der Waals surface area (Å²) in [7, 11) is 0. The third-order valence-electron chi connectivity index (χ3n) is 2.26. The highest BCUT2D eigenvalue weighted by molar-refractivity contribution is 4.96. The van der Waals surface area contributed by atoms with E-state index in [4.69, 9.17) is 4.42 Å². The van der Waals surface area contributed by atoms with Crippen LogP contribution in [-0.4, -0.2) is 4.98 Å². The SMILES string of the molecule is CCCC(CCC)c1ncc(C)o1. The summed E-state index contributed by atoms with van der Waals surface area (Å²) in [6, 6.07) is 0. The molecule has 0 spiro atoms. The van der Waals surface area contributed by atoms with Crippen LogP contribution in [0.5, 0.6) is 0 Å². The Kier molecular flexibility index (Phi) is 4.00. The van der Waals surface area contributed by atoms with Crippen LogP contribution in [0, 0.1) is 6.92 Å². The first-order valence-electron chi connectivity index (χ1n) is 5.20. The number of aromatic nitrogens is 1. The molecule has 1 heterocycles. The second-order valence-electron chi connectivity index (χ2n) is 3.58. The second-order valence-corrected chi connectivity index (χ2v) is 3.58. The first-order valence-corrected chi connectivity index (χ1v) is 5.20. The van der Waals surface area contributed by atoms with Gasteiger partial charge in [0.2, 0.25) is 0 Å². The molecule has 0 unspecified atom stereocenters. The van der Waals surface area contributed by atoms with Crippen molar-refractivity contribution in [2.24, 2.45) is 0 Å². The van der Waals surface area contributed by atoms with Gasteiger partial charge in [-0.1, -0.05) is 26.7 Å². The molecule has 2 heteroatoms. The summed E-state index contributed by atoms with van der Waals surface area (Å²) in [4.78, 5) is 4.29. The minimum atomic E-state index is 0.531. The third-order valence-corrected chi connectivity index (χ3v) is 2.26. The van der Waals surface area contributed by atoms with E-state index in [1.54, 1.807) is 0 Å². The summed E-state index contributed by atoms with van der Waals surface area (Å²) >= 11 is 0. The van der Waals surface area contributed by atoms with Crippen LogP contribution in [-0.2, 0) is 0 Å². The molecule has 0 aliphatic carbocycles. The lowest BCUT2D eigenvalue weighted by atomic mass is 9.98. The molecule has 0 bridgehead atoms. The molecule has 0 radical (unpaired) electrons. The summed E-state index contributed by atoms with van der Waals surface area (Å²) in [6.45, 7) is 6.36. The molecule has 0 fully saturated rings. The van der Waals surface area contributed by atoms with Crippen LogP contribution in [0.1, 0.15) is 57.1 Å². The quantitative estimate of drug-likeness (QED) is 0.692. The van der Waals surface area contributed by atoms with Crippen molar-refractivity contribution in [3.05, 3.63) is 17.8 Å². The molecular formula is C11H19NO. The molecule has 2 nitrogen and oxygen atoms in total. The fourth-order valence-corrected chi connectivity index (χ4v) is 1.65. The average molecular weight is 181 g/mol. The van der Waals surface area contributed by atoms with Gasteiger partial charge in [-0.2, -0.15) is 0 Å². The van der Waals surface area contributed by atoms with Crippen molar-refractivity contribution in [3.63, 3.8) is 0 Å². The van der Waals surface area contributed by atoms with Gasteiger partial charge < -0.3 is 4.42 Å². The molecule has 1 rings (SSSR count). The fourth-order valence-electron chi connectivity index (χ4n) is 1.65. The molecule has 0 atom stereocenters. The number of rotatable bonds is 5. The Labute approximate surface area is 80.4 Å². The molecule has 13 heavy (non-hydrogen) atoms. The van der Waals surface area contributed by atoms with Gasteiger partial charge in [0.1, 0.15) is 5.76 Å². The van der Waals surface area contributed by atoms with E-state index in [1.807, 2.05) is 13.1 Å². The highest BCUT2D eigenvalue weighted by Crippen LogP contribution is 2.25. The molecule has 0 aromatic carbocycles. The van der Waals surface area contributed by atoms with Crippen molar-refractivity contribution in [2.45, 2.75) is 52.4 Å². The van der Waals surface area contributed by atoms with E-state index in [0.29, 0.717) is 5.92 Å². The van der Waals surface area contributed by atoms with Crippen molar-refractivity contribution in [3.8, 4) is 0 Å². The van der Waals surface area contributed by atoms with E-state index in [2.05, 4.69) is 18.8 Å². The van der Waals surface area contributed by atoms with Crippen LogP contribution in [0.15, 0.2) is 10.6 Å². The lowest BCUT2D eigenvalue weighted by Crippen LogP contribution is -1.98. The van der Waals surface area contributed by atoms with Crippen LogP contribution in [0.25, 0.3) is 0 Å². The zero-order valence-electron chi connectivity index (χ0n) is 8.84. The molecule has 0 aliphatic heterocycles. The number of hydrogen-bond donors (Lipinski definition) is 0. The normalized spacial score (nSPS) is 11.1. The van der Waals surface area contributed by atoms with Gasteiger partial charge in [0, 0.05) is 5.92 Å². The summed E-state index contributed by atoms with van der Waals surface area (Å²) in [5.41, 5.74) is 0. The van der Waals surface area contributed by atoms with Crippen molar-refractivity contribution in [1.82, 2.24) is 4.98 Å². The van der Waals surface area contributed by atoms with Crippen LogP contribution >= 0.6 is 0 Å². The third kappa shape index (κ3) is 2.87. The predicted molar refractivity (Wildman–Crippen MR) is 53.8 cm³/mol. The fraction of sp³-hybridized carbons (Fsp3) is 0.727. The minimum Gasteiger partial charge on any atom is -0.446 e. The van der Waals surface area contributed by atoms with Crippen molar-refractivity contribution < 1.29 is 4.42 Å². The van der Waals surface area contributed by atoms with Crippen LogP contribution in [0.2, 0.25) is 0 Å². The highest BCUT2D eigenvalue weighted by atomic mass is 16.4. The second kappa shape index (κ2) is 5.05. The van der Waals surface area contributed by atoms with E-state index in [0.717, 1.165) is 11.7 Å². The first kappa shape index (κ1) is 10.3. The van der Waals surface area contributed by atoms with E-state index in [-0.39, 0.29) is 0 Å². The molecule has 0 N–H and O–H groups in total. The van der Waals surface area contributed by atoms with E-state index in [1.165, 1.54) is 25.7 Å². The lowest BCUT2D eigenvalue weighted by Gasteiger charge is -2.10. The largest absolute Gasteiger partial charge is 0.446 e. The Bertz CT molecular complexity index is 236. The highest BCUT2D eigenvalue weighted by Gasteiger charge is 2.14. The molecule has 0 saturated heterocycles. The maximum atomic E-state index is 5.54. The zero-order chi connectivity index (χ0) is 9.68. The molecule has 74 valence electrons. The van der Waals surface area contributed by atoms with Gasteiger partial charge >= 0.3 is 0 Å². The van der Waals surface area contributed by atoms with Gasteiger partial charge in [-0.15, -0.1) is 0 Å². The Morgan fingerprint density at radius 2 is 1.92 bits per heavy atom. The maximum absolute atomic E-state index is 5.54. The lowest BCUT2D eigenvalue weighted by molar-refractivity contribution is 0.398. The Morgan fingerprint density at radius 1 is 1.31 bits per heavy atom. The average Bonchev–Trinajstić information content (AvgIpc) is 2.51. The van der Waals surface area contributed by atoms with Crippen LogP contribution in [0.3, 0.4) is 0 Å². The van der Waals surface area contributed by atoms with Gasteiger partial charge in [0.05, 0.1) is 6.20 Å².